The molecule has 1 aromatic heterocycles. The summed E-state index contributed by atoms with van der Waals surface area (Å²) in [5.74, 6) is -0.885. The summed E-state index contributed by atoms with van der Waals surface area (Å²) in [5, 5.41) is 6.33. The van der Waals surface area contributed by atoms with Crippen LogP contribution in [-0.2, 0) is 12.6 Å². The molecule has 0 aliphatic carbocycles. The Kier molecular flexibility index (Phi) is 5.30. The van der Waals surface area contributed by atoms with Crippen molar-refractivity contribution in [2.75, 3.05) is 5.32 Å². The van der Waals surface area contributed by atoms with Crippen LogP contribution in [0, 0.1) is 0 Å². The first kappa shape index (κ1) is 19.3. The second-order valence-corrected chi connectivity index (χ2v) is 6.03. The highest BCUT2D eigenvalue weighted by Crippen LogP contribution is 2.30. The number of halogens is 3. The number of aryl methyl sites for hydroxylation is 1. The highest BCUT2D eigenvalue weighted by molar-refractivity contribution is 6.02. The van der Waals surface area contributed by atoms with Crippen molar-refractivity contribution >= 4 is 11.6 Å². The molecule has 0 spiro atoms. The van der Waals surface area contributed by atoms with E-state index in [1.165, 1.54) is 29.1 Å². The second-order valence-electron chi connectivity index (χ2n) is 6.03. The molecule has 0 radical (unpaired) electrons. The van der Waals surface area contributed by atoms with E-state index in [1.807, 2.05) is 19.1 Å². The summed E-state index contributed by atoms with van der Waals surface area (Å²) in [6.45, 7) is 2.02. The minimum absolute atomic E-state index is 0.0799. The van der Waals surface area contributed by atoms with Gasteiger partial charge in [0.05, 0.1) is 11.3 Å². The minimum Gasteiger partial charge on any atom is -0.320 e. The lowest BCUT2D eigenvalue weighted by Crippen LogP contribution is -2.25. The minimum atomic E-state index is -4.54. The summed E-state index contributed by atoms with van der Waals surface area (Å²) in [6, 6.07) is 12.7. The first-order chi connectivity index (χ1) is 13.3. The van der Waals surface area contributed by atoms with E-state index in [1.54, 1.807) is 12.1 Å². The Morgan fingerprint density at radius 1 is 1.11 bits per heavy atom. The molecule has 1 amide bonds. The Morgan fingerprint density at radius 3 is 2.46 bits per heavy atom. The van der Waals surface area contributed by atoms with Crippen LogP contribution in [0.5, 0.6) is 0 Å². The predicted octanol–water partition coefficient (Wildman–Crippen LogP) is 4.07. The fourth-order valence-corrected chi connectivity index (χ4v) is 2.56. The SMILES string of the molecule is CCc1ccc(-n2ccc(=O)c(C(=O)Nc3cccc(C(F)(F)F)c3)n2)cc1. The largest absolute Gasteiger partial charge is 0.416 e. The molecule has 0 unspecified atom stereocenters. The van der Waals surface area contributed by atoms with Crippen molar-refractivity contribution in [2.45, 2.75) is 19.5 Å². The van der Waals surface area contributed by atoms with Crippen molar-refractivity contribution in [3.05, 3.63) is 87.8 Å². The summed E-state index contributed by atoms with van der Waals surface area (Å²) in [4.78, 5) is 24.5. The van der Waals surface area contributed by atoms with Crippen LogP contribution >= 0.6 is 0 Å². The van der Waals surface area contributed by atoms with Crippen LogP contribution in [0.2, 0.25) is 0 Å². The van der Waals surface area contributed by atoms with Gasteiger partial charge in [-0.2, -0.15) is 18.3 Å². The molecule has 3 aromatic rings. The normalized spacial score (nSPS) is 11.3. The number of carbonyl (C=O) groups excluding carboxylic acids is 1. The van der Waals surface area contributed by atoms with Crippen LogP contribution in [0.4, 0.5) is 18.9 Å². The Balaban J connectivity index is 1.88. The lowest BCUT2D eigenvalue weighted by atomic mass is 10.1. The molecule has 5 nitrogen and oxygen atoms in total. The number of benzene rings is 2. The second kappa shape index (κ2) is 7.67. The van der Waals surface area contributed by atoms with Gasteiger partial charge >= 0.3 is 6.18 Å². The van der Waals surface area contributed by atoms with Crippen molar-refractivity contribution in [1.82, 2.24) is 9.78 Å². The van der Waals surface area contributed by atoms with E-state index >= 15 is 0 Å². The Labute approximate surface area is 158 Å². The van der Waals surface area contributed by atoms with Crippen LogP contribution < -0.4 is 10.7 Å². The number of nitrogens with zero attached hydrogens (tertiary/aromatic N) is 2. The van der Waals surface area contributed by atoms with Gasteiger partial charge in [-0.05, 0) is 42.3 Å². The zero-order valence-electron chi connectivity index (χ0n) is 14.8. The number of hydrogen-bond donors (Lipinski definition) is 1. The van der Waals surface area contributed by atoms with Gasteiger partial charge < -0.3 is 5.32 Å². The maximum Gasteiger partial charge on any atom is 0.416 e. The molecule has 0 saturated heterocycles. The van der Waals surface area contributed by atoms with Crippen LogP contribution in [-0.4, -0.2) is 15.7 Å². The van der Waals surface area contributed by atoms with Gasteiger partial charge in [-0.1, -0.05) is 25.1 Å². The van der Waals surface area contributed by atoms with Gasteiger partial charge in [-0.15, -0.1) is 0 Å². The average Bonchev–Trinajstić information content (AvgIpc) is 2.68. The predicted molar refractivity (Wildman–Crippen MR) is 98.6 cm³/mol. The standard InChI is InChI=1S/C20H16F3N3O2/c1-2-13-6-8-16(9-7-13)26-11-10-17(27)18(25-26)19(28)24-15-5-3-4-14(12-15)20(21,22)23/h3-12H,2H2,1H3,(H,24,28). The first-order valence-electron chi connectivity index (χ1n) is 8.46. The van der Waals surface area contributed by atoms with Crippen molar-refractivity contribution in [3.8, 4) is 5.69 Å². The van der Waals surface area contributed by atoms with Crippen molar-refractivity contribution < 1.29 is 18.0 Å². The zero-order valence-corrected chi connectivity index (χ0v) is 14.8. The number of amides is 1. The fourth-order valence-electron chi connectivity index (χ4n) is 2.56. The summed E-state index contributed by atoms with van der Waals surface area (Å²) >= 11 is 0. The van der Waals surface area contributed by atoms with Crippen molar-refractivity contribution in [1.29, 1.82) is 0 Å². The van der Waals surface area contributed by atoms with E-state index < -0.39 is 28.8 Å². The van der Waals surface area contributed by atoms with Crippen molar-refractivity contribution in [2.24, 2.45) is 0 Å². The van der Waals surface area contributed by atoms with E-state index in [2.05, 4.69) is 10.4 Å². The molecule has 3 rings (SSSR count). The van der Waals surface area contributed by atoms with E-state index in [9.17, 15) is 22.8 Å². The molecule has 1 N–H and O–H groups in total. The van der Waals surface area contributed by atoms with Crippen molar-refractivity contribution in [3.63, 3.8) is 0 Å². The van der Waals surface area contributed by atoms with Crippen LogP contribution in [0.3, 0.4) is 0 Å². The van der Waals surface area contributed by atoms with E-state index in [-0.39, 0.29) is 5.69 Å². The molecule has 0 saturated carbocycles. The molecule has 2 aromatic carbocycles. The van der Waals surface area contributed by atoms with Gasteiger partial charge in [-0.25, -0.2) is 4.68 Å². The highest BCUT2D eigenvalue weighted by atomic mass is 19.4. The summed E-state index contributed by atoms with van der Waals surface area (Å²) < 4.78 is 39.8. The monoisotopic (exact) mass is 387 g/mol. The Morgan fingerprint density at radius 2 is 1.82 bits per heavy atom. The molecule has 0 atom stereocenters. The molecular formula is C20H16F3N3O2. The maximum atomic E-state index is 12.8. The summed E-state index contributed by atoms with van der Waals surface area (Å²) in [5.41, 5.74) is -0.272. The van der Waals surface area contributed by atoms with Gasteiger partial charge in [-0.3, -0.25) is 9.59 Å². The Hall–Kier alpha value is -3.42. The number of anilines is 1. The molecule has 0 bridgehead atoms. The quantitative estimate of drug-likeness (QED) is 0.734. The average molecular weight is 387 g/mol. The lowest BCUT2D eigenvalue weighted by Gasteiger charge is -2.10. The van der Waals surface area contributed by atoms with Crippen LogP contribution in [0.1, 0.15) is 28.5 Å². The number of rotatable bonds is 4. The topological polar surface area (TPSA) is 64.0 Å². The Bertz CT molecular complexity index is 1060. The summed E-state index contributed by atoms with van der Waals surface area (Å²) in [7, 11) is 0. The molecular weight excluding hydrogens is 371 g/mol. The number of alkyl halides is 3. The van der Waals surface area contributed by atoms with E-state index in [4.69, 9.17) is 0 Å². The molecule has 8 heteroatoms. The smallest absolute Gasteiger partial charge is 0.320 e. The molecule has 0 fully saturated rings. The third-order valence-corrected chi connectivity index (χ3v) is 4.08. The van der Waals surface area contributed by atoms with Gasteiger partial charge in [0.25, 0.3) is 5.91 Å². The van der Waals surface area contributed by atoms with Gasteiger partial charge in [0.2, 0.25) is 5.43 Å². The molecule has 0 aliphatic heterocycles. The third-order valence-electron chi connectivity index (χ3n) is 4.08. The zero-order chi connectivity index (χ0) is 20.3. The molecule has 144 valence electrons. The molecule has 1 heterocycles. The number of nitrogens with one attached hydrogen (secondary N) is 1. The van der Waals surface area contributed by atoms with Gasteiger partial charge in [0.15, 0.2) is 5.69 Å². The maximum absolute atomic E-state index is 12.8. The van der Waals surface area contributed by atoms with Crippen LogP contribution in [0.25, 0.3) is 5.69 Å². The van der Waals surface area contributed by atoms with Gasteiger partial charge in [0, 0.05) is 18.0 Å². The first-order valence-corrected chi connectivity index (χ1v) is 8.46. The number of carbonyl (C=O) groups is 1. The fraction of sp³-hybridized carbons (Fsp3) is 0.150. The highest BCUT2D eigenvalue weighted by Gasteiger charge is 2.30. The van der Waals surface area contributed by atoms with E-state index in [0.29, 0.717) is 5.69 Å². The number of aromatic nitrogens is 2. The van der Waals surface area contributed by atoms with Crippen LogP contribution in [0.15, 0.2) is 65.6 Å². The molecule has 0 aliphatic rings. The summed E-state index contributed by atoms with van der Waals surface area (Å²) in [6.07, 6.45) is -2.25. The third kappa shape index (κ3) is 4.28. The molecule has 28 heavy (non-hydrogen) atoms. The van der Waals surface area contributed by atoms with E-state index in [0.717, 1.165) is 24.1 Å². The lowest BCUT2D eigenvalue weighted by molar-refractivity contribution is -0.137. The number of hydrogen-bond acceptors (Lipinski definition) is 3. The van der Waals surface area contributed by atoms with Gasteiger partial charge in [0.1, 0.15) is 0 Å².